The highest BCUT2D eigenvalue weighted by Gasteiger charge is 2.15. The molecule has 1 aliphatic rings. The number of rotatable bonds is 8. The van der Waals surface area contributed by atoms with E-state index in [2.05, 4.69) is 27.5 Å². The molecule has 6 nitrogen and oxygen atoms in total. The van der Waals surface area contributed by atoms with Gasteiger partial charge >= 0.3 is 0 Å². The lowest BCUT2D eigenvalue weighted by Gasteiger charge is -2.12. The molecule has 2 heterocycles. The summed E-state index contributed by atoms with van der Waals surface area (Å²) < 4.78 is 11.0. The highest BCUT2D eigenvalue weighted by Crippen LogP contribution is 2.12. The van der Waals surface area contributed by atoms with Crippen LogP contribution in [0.3, 0.4) is 0 Å². The summed E-state index contributed by atoms with van der Waals surface area (Å²) in [6, 6.07) is 0. The number of hydrogen-bond donors (Lipinski definition) is 2. The molecule has 2 N–H and O–H groups in total. The first-order valence-corrected chi connectivity index (χ1v) is 8.72. The number of thiazole rings is 1. The van der Waals surface area contributed by atoms with E-state index in [0.717, 1.165) is 56.7 Å². The molecule has 1 unspecified atom stereocenters. The van der Waals surface area contributed by atoms with Crippen LogP contribution in [0.5, 0.6) is 0 Å². The molecule has 0 aromatic carbocycles. The van der Waals surface area contributed by atoms with Crippen molar-refractivity contribution in [3.05, 3.63) is 16.1 Å². The number of guanidine groups is 1. The molecule has 2 rings (SSSR count). The van der Waals surface area contributed by atoms with Crippen LogP contribution in [-0.4, -0.2) is 50.0 Å². The molecular weight excluding hydrogens is 300 g/mol. The van der Waals surface area contributed by atoms with E-state index < -0.39 is 0 Å². The van der Waals surface area contributed by atoms with Gasteiger partial charge in [-0.15, -0.1) is 11.3 Å². The van der Waals surface area contributed by atoms with Gasteiger partial charge in [0.1, 0.15) is 0 Å². The van der Waals surface area contributed by atoms with Gasteiger partial charge in [0.05, 0.1) is 24.3 Å². The summed E-state index contributed by atoms with van der Waals surface area (Å²) in [5.41, 5.74) is 0. The summed E-state index contributed by atoms with van der Waals surface area (Å²) in [7, 11) is 0. The van der Waals surface area contributed by atoms with Gasteiger partial charge in [-0.1, -0.05) is 0 Å². The van der Waals surface area contributed by atoms with Gasteiger partial charge < -0.3 is 20.1 Å². The van der Waals surface area contributed by atoms with Crippen molar-refractivity contribution >= 4 is 17.3 Å². The number of nitrogens with one attached hydrogen (secondary N) is 2. The molecule has 1 aliphatic heterocycles. The van der Waals surface area contributed by atoms with Crippen molar-refractivity contribution in [1.29, 1.82) is 0 Å². The Hall–Kier alpha value is -1.18. The molecule has 0 amide bonds. The summed E-state index contributed by atoms with van der Waals surface area (Å²) in [6.07, 6.45) is 4.16. The lowest BCUT2D eigenvalue weighted by Crippen LogP contribution is -2.38. The zero-order chi connectivity index (χ0) is 15.6. The molecule has 0 saturated carbocycles. The standard InChI is InChI=1S/C15H26N4O2S/c1-3-16-15(19-10-14-9-18-12(2)22-14)17-6-4-7-21-13-5-8-20-11-13/h9,13H,3-8,10-11H2,1-2H3,(H2,16,17,19). The fourth-order valence-electron chi connectivity index (χ4n) is 2.15. The summed E-state index contributed by atoms with van der Waals surface area (Å²) in [5, 5.41) is 7.67. The van der Waals surface area contributed by atoms with Gasteiger partial charge in [-0.05, 0) is 26.7 Å². The first-order valence-electron chi connectivity index (χ1n) is 7.90. The minimum absolute atomic E-state index is 0.288. The maximum atomic E-state index is 5.74. The van der Waals surface area contributed by atoms with E-state index in [1.165, 1.54) is 4.88 Å². The Bertz CT molecular complexity index is 458. The van der Waals surface area contributed by atoms with Crippen molar-refractivity contribution < 1.29 is 9.47 Å². The molecule has 1 fully saturated rings. The number of hydrogen-bond acceptors (Lipinski definition) is 5. The Morgan fingerprint density at radius 2 is 2.45 bits per heavy atom. The molecule has 124 valence electrons. The Balaban J connectivity index is 1.64. The smallest absolute Gasteiger partial charge is 0.191 e. The predicted octanol–water partition coefficient (Wildman–Crippen LogP) is 1.70. The largest absolute Gasteiger partial charge is 0.379 e. The molecule has 0 spiro atoms. The van der Waals surface area contributed by atoms with Crippen LogP contribution >= 0.6 is 11.3 Å². The molecule has 1 aromatic rings. The van der Waals surface area contributed by atoms with E-state index in [9.17, 15) is 0 Å². The maximum Gasteiger partial charge on any atom is 0.191 e. The van der Waals surface area contributed by atoms with Crippen LogP contribution in [0, 0.1) is 6.92 Å². The van der Waals surface area contributed by atoms with Crippen LogP contribution in [0.1, 0.15) is 29.7 Å². The minimum atomic E-state index is 0.288. The van der Waals surface area contributed by atoms with Gasteiger partial charge in [0.25, 0.3) is 0 Å². The van der Waals surface area contributed by atoms with Crippen LogP contribution in [0.25, 0.3) is 0 Å². The topological polar surface area (TPSA) is 67.8 Å². The predicted molar refractivity (Wildman–Crippen MR) is 89.5 cm³/mol. The van der Waals surface area contributed by atoms with E-state index in [1.807, 2.05) is 13.1 Å². The van der Waals surface area contributed by atoms with E-state index in [-0.39, 0.29) is 6.10 Å². The van der Waals surface area contributed by atoms with Crippen molar-refractivity contribution in [3.8, 4) is 0 Å². The second-order valence-corrected chi connectivity index (χ2v) is 6.50. The van der Waals surface area contributed by atoms with Gasteiger partial charge in [-0.3, -0.25) is 0 Å². The third-order valence-electron chi connectivity index (χ3n) is 3.26. The first kappa shape index (κ1) is 17.2. The van der Waals surface area contributed by atoms with E-state index in [0.29, 0.717) is 6.54 Å². The van der Waals surface area contributed by atoms with Crippen LogP contribution in [0.4, 0.5) is 0 Å². The van der Waals surface area contributed by atoms with Gasteiger partial charge in [-0.25, -0.2) is 9.98 Å². The van der Waals surface area contributed by atoms with Gasteiger partial charge in [-0.2, -0.15) is 0 Å². The lowest BCUT2D eigenvalue weighted by atomic mass is 10.3. The normalized spacial score (nSPS) is 18.6. The minimum Gasteiger partial charge on any atom is -0.379 e. The molecule has 1 atom stereocenters. The fourth-order valence-corrected chi connectivity index (χ4v) is 2.87. The molecule has 0 aliphatic carbocycles. The lowest BCUT2D eigenvalue weighted by molar-refractivity contribution is 0.0420. The van der Waals surface area contributed by atoms with Crippen molar-refractivity contribution in [3.63, 3.8) is 0 Å². The summed E-state index contributed by atoms with van der Waals surface area (Å²) in [5.74, 6) is 0.845. The maximum absolute atomic E-state index is 5.74. The van der Waals surface area contributed by atoms with E-state index in [1.54, 1.807) is 11.3 Å². The number of nitrogens with zero attached hydrogens (tertiary/aromatic N) is 2. The van der Waals surface area contributed by atoms with Crippen LogP contribution in [0.2, 0.25) is 0 Å². The van der Waals surface area contributed by atoms with Gasteiger partial charge in [0.15, 0.2) is 5.96 Å². The van der Waals surface area contributed by atoms with Crippen molar-refractivity contribution in [1.82, 2.24) is 15.6 Å². The zero-order valence-corrected chi connectivity index (χ0v) is 14.2. The molecule has 0 bridgehead atoms. The Morgan fingerprint density at radius 3 is 3.14 bits per heavy atom. The molecular formula is C15H26N4O2S. The number of aliphatic imine (C=N–C) groups is 1. The van der Waals surface area contributed by atoms with E-state index in [4.69, 9.17) is 9.47 Å². The Kier molecular flexibility index (Phi) is 7.62. The third-order valence-corrected chi connectivity index (χ3v) is 4.16. The second kappa shape index (κ2) is 9.76. The first-order chi connectivity index (χ1) is 10.8. The SMILES string of the molecule is CCNC(=NCc1cnc(C)s1)NCCCOC1CCOC1. The molecule has 1 saturated heterocycles. The molecule has 7 heteroatoms. The summed E-state index contributed by atoms with van der Waals surface area (Å²) in [4.78, 5) is 10.0. The number of ether oxygens (including phenoxy) is 2. The van der Waals surface area contributed by atoms with Crippen LogP contribution < -0.4 is 10.6 Å². The average molecular weight is 326 g/mol. The number of aryl methyl sites for hydroxylation is 1. The Labute approximate surface area is 136 Å². The van der Waals surface area contributed by atoms with Crippen molar-refractivity contribution in [2.24, 2.45) is 4.99 Å². The zero-order valence-electron chi connectivity index (χ0n) is 13.4. The third kappa shape index (κ3) is 6.29. The molecule has 0 radical (unpaired) electrons. The summed E-state index contributed by atoms with van der Waals surface area (Å²) in [6.45, 7) is 8.77. The van der Waals surface area contributed by atoms with Crippen LogP contribution in [-0.2, 0) is 16.0 Å². The average Bonchev–Trinajstić information content (AvgIpc) is 3.16. The highest BCUT2D eigenvalue weighted by atomic mass is 32.1. The van der Waals surface area contributed by atoms with Crippen molar-refractivity contribution in [2.45, 2.75) is 39.3 Å². The number of aromatic nitrogens is 1. The molecule has 22 heavy (non-hydrogen) atoms. The van der Waals surface area contributed by atoms with Gasteiger partial charge in [0, 0.05) is 37.4 Å². The Morgan fingerprint density at radius 1 is 1.55 bits per heavy atom. The summed E-state index contributed by atoms with van der Waals surface area (Å²) >= 11 is 1.69. The van der Waals surface area contributed by atoms with E-state index >= 15 is 0 Å². The fraction of sp³-hybridized carbons (Fsp3) is 0.733. The highest BCUT2D eigenvalue weighted by molar-refractivity contribution is 7.11. The molecule has 1 aromatic heterocycles. The quantitative estimate of drug-likeness (QED) is 0.432. The van der Waals surface area contributed by atoms with Gasteiger partial charge in [0.2, 0.25) is 0 Å². The van der Waals surface area contributed by atoms with Crippen LogP contribution in [0.15, 0.2) is 11.2 Å². The monoisotopic (exact) mass is 326 g/mol. The second-order valence-electron chi connectivity index (χ2n) is 5.18. The van der Waals surface area contributed by atoms with Crippen molar-refractivity contribution in [2.75, 3.05) is 32.9 Å².